The lowest BCUT2D eigenvalue weighted by Gasteiger charge is -2.17. The first-order chi connectivity index (χ1) is 15.7. The van der Waals surface area contributed by atoms with E-state index in [0.29, 0.717) is 17.8 Å². The minimum atomic E-state index is -3.43. The van der Waals surface area contributed by atoms with E-state index in [0.717, 1.165) is 18.2 Å². The van der Waals surface area contributed by atoms with Crippen molar-refractivity contribution in [1.82, 2.24) is 0 Å². The fraction of sp³-hybridized carbons (Fsp3) is 0.200. The molecule has 33 heavy (non-hydrogen) atoms. The second-order valence-corrected chi connectivity index (χ2v) is 10.1. The minimum Gasteiger partial charge on any atom is -0.326 e. The lowest BCUT2D eigenvalue weighted by Crippen LogP contribution is -2.21. The molecule has 1 unspecified atom stereocenters. The summed E-state index contributed by atoms with van der Waals surface area (Å²) in [5.74, 6) is -0.906. The molecule has 0 fully saturated rings. The van der Waals surface area contributed by atoms with Gasteiger partial charge in [-0.2, -0.15) is 0 Å². The van der Waals surface area contributed by atoms with Crippen molar-refractivity contribution in [3.8, 4) is 0 Å². The van der Waals surface area contributed by atoms with Crippen LogP contribution < -0.4 is 10.6 Å². The van der Waals surface area contributed by atoms with E-state index in [2.05, 4.69) is 10.6 Å². The molecule has 3 rings (SSSR count). The van der Waals surface area contributed by atoms with Crippen LogP contribution in [0, 0.1) is 0 Å². The van der Waals surface area contributed by atoms with Gasteiger partial charge in [-0.15, -0.1) is 0 Å². The monoisotopic (exact) mass is 484 g/mol. The number of carbonyl (C=O) groups is 2. The summed E-state index contributed by atoms with van der Waals surface area (Å²) >= 11 is 6.34. The van der Waals surface area contributed by atoms with Crippen LogP contribution in [0.25, 0.3) is 0 Å². The first-order valence-corrected chi connectivity index (χ1v) is 12.7. The molecule has 0 bridgehead atoms. The summed E-state index contributed by atoms with van der Waals surface area (Å²) in [6, 6.07) is 20.2. The predicted octanol–water partition coefficient (Wildman–Crippen LogP) is 5.52. The number of anilines is 2. The van der Waals surface area contributed by atoms with Crippen LogP contribution in [0.2, 0.25) is 5.02 Å². The Morgan fingerprint density at radius 3 is 2.30 bits per heavy atom. The smallest absolute Gasteiger partial charge is 0.255 e. The highest BCUT2D eigenvalue weighted by Crippen LogP contribution is 2.28. The second kappa shape index (κ2) is 10.6. The number of hydrogen-bond acceptors (Lipinski definition) is 4. The molecule has 0 radical (unpaired) electrons. The molecule has 0 aliphatic rings. The number of halogens is 1. The maximum absolute atomic E-state index is 12.9. The topological polar surface area (TPSA) is 92.3 Å². The predicted molar refractivity (Wildman–Crippen MR) is 132 cm³/mol. The SMILES string of the molecule is CCCC(C(=O)Nc1ccc(NC(=O)c2cccc(S(C)(=O)=O)c2)c(Cl)c1)c1ccccc1. The molecule has 0 saturated carbocycles. The van der Waals surface area contributed by atoms with Crippen LogP contribution in [0.5, 0.6) is 0 Å². The molecule has 172 valence electrons. The highest BCUT2D eigenvalue weighted by Gasteiger charge is 2.20. The summed E-state index contributed by atoms with van der Waals surface area (Å²) in [7, 11) is -3.43. The number of amides is 2. The quantitative estimate of drug-likeness (QED) is 0.440. The van der Waals surface area contributed by atoms with E-state index in [4.69, 9.17) is 11.6 Å². The van der Waals surface area contributed by atoms with Gasteiger partial charge in [0.05, 0.1) is 21.5 Å². The Kier molecular flexibility index (Phi) is 7.89. The Hall–Kier alpha value is -3.16. The molecule has 0 heterocycles. The number of hydrogen-bond donors (Lipinski definition) is 2. The van der Waals surface area contributed by atoms with Gasteiger partial charge in [-0.25, -0.2) is 8.42 Å². The molecule has 3 aromatic rings. The van der Waals surface area contributed by atoms with Crippen LogP contribution in [0.15, 0.2) is 77.7 Å². The molecule has 0 aliphatic carbocycles. The molecule has 0 aromatic heterocycles. The van der Waals surface area contributed by atoms with Gasteiger partial charge >= 0.3 is 0 Å². The number of carbonyl (C=O) groups excluding carboxylic acids is 2. The van der Waals surface area contributed by atoms with E-state index in [1.807, 2.05) is 37.3 Å². The molecule has 0 spiro atoms. The molecular weight excluding hydrogens is 460 g/mol. The summed E-state index contributed by atoms with van der Waals surface area (Å²) in [5.41, 5.74) is 2.00. The number of sulfone groups is 1. The largest absolute Gasteiger partial charge is 0.326 e. The van der Waals surface area contributed by atoms with Gasteiger partial charge in [0.25, 0.3) is 5.91 Å². The first-order valence-electron chi connectivity index (χ1n) is 10.5. The van der Waals surface area contributed by atoms with Crippen LogP contribution >= 0.6 is 11.6 Å². The molecule has 6 nitrogen and oxygen atoms in total. The number of rotatable bonds is 8. The number of nitrogens with one attached hydrogen (secondary N) is 2. The summed E-state index contributed by atoms with van der Waals surface area (Å²) in [4.78, 5) is 25.5. The second-order valence-electron chi connectivity index (χ2n) is 7.69. The van der Waals surface area contributed by atoms with E-state index in [9.17, 15) is 18.0 Å². The van der Waals surface area contributed by atoms with Gasteiger partial charge in [0.2, 0.25) is 5.91 Å². The van der Waals surface area contributed by atoms with Crippen LogP contribution in [0.4, 0.5) is 11.4 Å². The van der Waals surface area contributed by atoms with E-state index in [-0.39, 0.29) is 27.3 Å². The first kappa shape index (κ1) is 24.5. The average Bonchev–Trinajstić information content (AvgIpc) is 2.79. The van der Waals surface area contributed by atoms with Gasteiger partial charge in [0.15, 0.2) is 9.84 Å². The summed E-state index contributed by atoms with van der Waals surface area (Å²) < 4.78 is 23.5. The molecule has 2 N–H and O–H groups in total. The Labute approximate surface area is 198 Å². The Morgan fingerprint density at radius 1 is 0.939 bits per heavy atom. The van der Waals surface area contributed by atoms with Crippen LogP contribution in [-0.2, 0) is 14.6 Å². The van der Waals surface area contributed by atoms with Crippen LogP contribution in [0.3, 0.4) is 0 Å². The molecule has 1 atom stereocenters. The van der Waals surface area contributed by atoms with Crippen molar-refractivity contribution >= 4 is 44.6 Å². The van der Waals surface area contributed by atoms with Gasteiger partial charge in [-0.05, 0) is 48.4 Å². The van der Waals surface area contributed by atoms with Crippen molar-refractivity contribution in [2.45, 2.75) is 30.6 Å². The third-order valence-corrected chi connectivity index (χ3v) is 6.53. The molecule has 2 amide bonds. The third kappa shape index (κ3) is 6.43. The zero-order chi connectivity index (χ0) is 24.0. The maximum atomic E-state index is 12.9. The minimum absolute atomic E-state index is 0.0550. The molecule has 8 heteroatoms. The molecule has 3 aromatic carbocycles. The summed E-state index contributed by atoms with van der Waals surface area (Å²) in [6.07, 6.45) is 2.65. The van der Waals surface area contributed by atoms with Crippen molar-refractivity contribution in [3.63, 3.8) is 0 Å². The van der Waals surface area contributed by atoms with Crippen molar-refractivity contribution < 1.29 is 18.0 Å². The van der Waals surface area contributed by atoms with E-state index in [1.165, 1.54) is 24.3 Å². The Morgan fingerprint density at radius 2 is 1.67 bits per heavy atom. The van der Waals surface area contributed by atoms with Gasteiger partial charge in [0, 0.05) is 17.5 Å². The number of benzene rings is 3. The standard InChI is InChI=1S/C25H25ClN2O4S/c1-3-8-21(17-9-5-4-6-10-17)25(30)27-19-13-14-23(22(26)16-19)28-24(29)18-11-7-12-20(15-18)33(2,31)32/h4-7,9-16,21H,3,8H2,1-2H3,(H,27,30)(H,28,29). The Balaban J connectivity index is 1.73. The third-order valence-electron chi connectivity index (χ3n) is 5.10. The fourth-order valence-electron chi connectivity index (χ4n) is 3.41. The van der Waals surface area contributed by atoms with Gasteiger partial charge in [-0.3, -0.25) is 9.59 Å². The highest BCUT2D eigenvalue weighted by molar-refractivity contribution is 7.90. The fourth-order valence-corrected chi connectivity index (χ4v) is 4.30. The zero-order valence-corrected chi connectivity index (χ0v) is 19.9. The Bertz CT molecular complexity index is 1260. The molecule has 0 aliphatic heterocycles. The van der Waals surface area contributed by atoms with E-state index < -0.39 is 15.7 Å². The van der Waals surface area contributed by atoms with Gasteiger partial charge in [-0.1, -0.05) is 61.3 Å². The maximum Gasteiger partial charge on any atom is 0.255 e. The summed E-state index contributed by atoms with van der Waals surface area (Å²) in [5, 5.41) is 5.82. The highest BCUT2D eigenvalue weighted by atomic mass is 35.5. The van der Waals surface area contributed by atoms with Crippen molar-refractivity contribution in [2.24, 2.45) is 0 Å². The molecule has 0 saturated heterocycles. The van der Waals surface area contributed by atoms with Crippen molar-refractivity contribution in [2.75, 3.05) is 16.9 Å². The van der Waals surface area contributed by atoms with Gasteiger partial charge < -0.3 is 10.6 Å². The normalized spacial score (nSPS) is 12.1. The van der Waals surface area contributed by atoms with Crippen LogP contribution in [0.1, 0.15) is 41.6 Å². The lowest BCUT2D eigenvalue weighted by atomic mass is 9.93. The zero-order valence-electron chi connectivity index (χ0n) is 18.3. The van der Waals surface area contributed by atoms with Crippen molar-refractivity contribution in [3.05, 3.63) is 88.9 Å². The van der Waals surface area contributed by atoms with Crippen LogP contribution in [-0.4, -0.2) is 26.5 Å². The van der Waals surface area contributed by atoms with E-state index >= 15 is 0 Å². The average molecular weight is 485 g/mol. The van der Waals surface area contributed by atoms with E-state index in [1.54, 1.807) is 18.2 Å². The summed E-state index contributed by atoms with van der Waals surface area (Å²) in [6.45, 7) is 2.03. The lowest BCUT2D eigenvalue weighted by molar-refractivity contribution is -0.117. The molecular formula is C25H25ClN2O4S. The van der Waals surface area contributed by atoms with Gasteiger partial charge in [0.1, 0.15) is 0 Å². The van der Waals surface area contributed by atoms with Crippen molar-refractivity contribution in [1.29, 1.82) is 0 Å².